The standard InChI is InChI=1S/C72H109ClS6/c1-7-13-19-25-31-37-43-56-49-50-74-67(56)62-51-57(44-38-32-26-20-14-8-2)68(75-62)63-52-58(45-39-33-27-21-15-9-3)69(76-63)64-53-59(46-40-34-28-22-16-10-4)70(77-64)65-54-60(47-41-35-29-23-17-11-5)71(78-65)66-55-61(72(73)79-66)48-42-36-30-24-18-12-6/h49-55H,7-48H2,1-6H3. The highest BCUT2D eigenvalue weighted by atomic mass is 35.5. The maximum atomic E-state index is 7.19. The number of rotatable bonds is 47. The van der Waals surface area contributed by atoms with Crippen LogP contribution in [0.5, 0.6) is 0 Å². The molecule has 0 saturated carbocycles. The van der Waals surface area contributed by atoms with Crippen molar-refractivity contribution in [3.05, 3.63) is 79.5 Å². The Bertz CT molecular complexity index is 2500. The molecule has 0 radical (unpaired) electrons. The Balaban J connectivity index is 1.39. The number of hydrogen-bond acceptors (Lipinski definition) is 6. The average molecular weight is 1200 g/mol. The first-order valence-corrected chi connectivity index (χ1v) is 38.6. The van der Waals surface area contributed by atoms with Gasteiger partial charge in [0.2, 0.25) is 0 Å². The number of thiophene rings is 6. The van der Waals surface area contributed by atoms with Crippen molar-refractivity contribution in [1.29, 1.82) is 0 Å². The second-order valence-electron chi connectivity index (χ2n) is 23.7. The lowest BCUT2D eigenvalue weighted by Crippen LogP contribution is -1.88. The fourth-order valence-electron chi connectivity index (χ4n) is 11.8. The SMILES string of the molecule is CCCCCCCCc1cc(-c2sc(-c3sc(-c4sc(-c5sc(-c6sccc6CCCCCCCC)cc5CCCCCCCC)cc4CCCCCCCC)cc3CCCCCCCC)cc2CCCCCCCC)sc1Cl. The topological polar surface area (TPSA) is 0 Å². The minimum absolute atomic E-state index is 1.02. The zero-order valence-corrected chi connectivity index (χ0v) is 56.7. The zero-order chi connectivity index (χ0) is 55.7. The molecule has 79 heavy (non-hydrogen) atoms. The van der Waals surface area contributed by atoms with Crippen molar-refractivity contribution >= 4 is 79.6 Å². The Labute approximate surface area is 514 Å². The van der Waals surface area contributed by atoms with Crippen molar-refractivity contribution in [1.82, 2.24) is 0 Å². The third kappa shape index (κ3) is 22.8. The van der Waals surface area contributed by atoms with E-state index in [9.17, 15) is 0 Å². The maximum absolute atomic E-state index is 7.19. The number of unbranched alkanes of at least 4 members (excludes halogenated alkanes) is 30. The normalized spacial score (nSPS) is 11.8. The van der Waals surface area contributed by atoms with E-state index in [0.29, 0.717) is 0 Å². The van der Waals surface area contributed by atoms with Crippen molar-refractivity contribution in [2.45, 2.75) is 311 Å². The van der Waals surface area contributed by atoms with Gasteiger partial charge in [0.25, 0.3) is 0 Å². The van der Waals surface area contributed by atoms with E-state index in [4.69, 9.17) is 11.6 Å². The van der Waals surface area contributed by atoms with E-state index in [-0.39, 0.29) is 0 Å². The van der Waals surface area contributed by atoms with Crippen LogP contribution < -0.4 is 0 Å². The van der Waals surface area contributed by atoms with Crippen LogP contribution in [0.2, 0.25) is 4.34 Å². The lowest BCUT2D eigenvalue weighted by atomic mass is 10.0. The van der Waals surface area contributed by atoms with Crippen LogP contribution in [0, 0.1) is 0 Å². The minimum atomic E-state index is 1.02. The van der Waals surface area contributed by atoms with Gasteiger partial charge in [-0.15, -0.1) is 68.0 Å². The molecule has 0 aliphatic heterocycles. The lowest BCUT2D eigenvalue weighted by Gasteiger charge is -2.03. The molecular weight excluding hydrogens is 1090 g/mol. The van der Waals surface area contributed by atoms with Crippen LogP contribution in [-0.2, 0) is 38.5 Å². The van der Waals surface area contributed by atoms with Crippen molar-refractivity contribution in [3.63, 3.8) is 0 Å². The Morgan fingerprint density at radius 3 is 0.785 bits per heavy atom. The Morgan fingerprint density at radius 2 is 0.481 bits per heavy atom. The Kier molecular flexibility index (Phi) is 33.7. The van der Waals surface area contributed by atoms with E-state index in [0.717, 1.165) is 17.2 Å². The summed E-state index contributed by atoms with van der Waals surface area (Å²) in [6.07, 6.45) is 55.2. The Morgan fingerprint density at radius 1 is 0.253 bits per heavy atom. The molecule has 0 N–H and O–H groups in total. The quantitative estimate of drug-likeness (QED) is 0.0334. The van der Waals surface area contributed by atoms with Gasteiger partial charge >= 0.3 is 0 Å². The van der Waals surface area contributed by atoms with Gasteiger partial charge in [-0.2, -0.15) is 0 Å². The van der Waals surface area contributed by atoms with Crippen LogP contribution in [0.1, 0.15) is 306 Å². The molecule has 0 unspecified atom stereocenters. The van der Waals surface area contributed by atoms with E-state index in [1.54, 1.807) is 47.3 Å². The number of hydrogen-bond donors (Lipinski definition) is 0. The molecule has 0 aliphatic rings. The molecule has 0 saturated heterocycles. The lowest BCUT2D eigenvalue weighted by molar-refractivity contribution is 0.607. The molecule has 0 atom stereocenters. The largest absolute Gasteiger partial charge is 0.143 e. The minimum Gasteiger partial charge on any atom is -0.143 e. The van der Waals surface area contributed by atoms with Gasteiger partial charge in [0.05, 0.1) is 4.34 Å². The summed E-state index contributed by atoms with van der Waals surface area (Å²) in [5.74, 6) is 0. The summed E-state index contributed by atoms with van der Waals surface area (Å²) in [5, 5.41) is 2.38. The molecule has 0 aliphatic carbocycles. The first kappa shape index (κ1) is 66.6. The van der Waals surface area contributed by atoms with E-state index in [1.165, 1.54) is 292 Å². The monoisotopic (exact) mass is 1200 g/mol. The second-order valence-corrected chi connectivity index (χ2v) is 30.4. The van der Waals surface area contributed by atoms with Gasteiger partial charge in [-0.25, -0.2) is 0 Å². The summed E-state index contributed by atoms with van der Waals surface area (Å²) >= 11 is 19.6. The molecule has 0 amide bonds. The molecule has 0 aromatic carbocycles. The summed E-state index contributed by atoms with van der Waals surface area (Å²) in [5.41, 5.74) is 9.34. The Hall–Kier alpha value is -1.51. The van der Waals surface area contributed by atoms with Crippen LogP contribution in [0.15, 0.2) is 41.8 Å². The van der Waals surface area contributed by atoms with Gasteiger partial charge in [0.1, 0.15) is 0 Å². The first-order chi connectivity index (χ1) is 38.9. The number of aryl methyl sites for hydroxylation is 6. The van der Waals surface area contributed by atoms with E-state index in [1.807, 2.05) is 22.7 Å². The summed E-state index contributed by atoms with van der Waals surface area (Å²) in [7, 11) is 0. The van der Waals surface area contributed by atoms with Gasteiger partial charge in [-0.1, -0.05) is 246 Å². The molecule has 6 heterocycles. The smallest absolute Gasteiger partial charge is 0.0967 e. The van der Waals surface area contributed by atoms with Gasteiger partial charge in [0, 0.05) is 48.8 Å². The number of halogens is 1. The van der Waals surface area contributed by atoms with Gasteiger partial charge in [0.15, 0.2) is 0 Å². The maximum Gasteiger partial charge on any atom is 0.0967 e. The van der Waals surface area contributed by atoms with Crippen LogP contribution in [0.3, 0.4) is 0 Å². The van der Waals surface area contributed by atoms with Gasteiger partial charge < -0.3 is 0 Å². The van der Waals surface area contributed by atoms with Crippen LogP contribution in [-0.4, -0.2) is 0 Å². The van der Waals surface area contributed by atoms with Crippen LogP contribution in [0.25, 0.3) is 48.8 Å². The van der Waals surface area contributed by atoms with E-state index < -0.39 is 0 Å². The summed E-state index contributed by atoms with van der Waals surface area (Å²) in [4.78, 5) is 15.2. The van der Waals surface area contributed by atoms with Crippen molar-refractivity contribution in [2.75, 3.05) is 0 Å². The fourth-order valence-corrected chi connectivity index (χ4v) is 19.6. The molecule has 0 fully saturated rings. The van der Waals surface area contributed by atoms with E-state index in [2.05, 4.69) is 129 Å². The summed E-state index contributed by atoms with van der Waals surface area (Å²) in [6, 6.07) is 15.7. The predicted octanol–water partition coefficient (Wildman–Crippen LogP) is 28.5. The third-order valence-corrected chi connectivity index (χ3v) is 24.7. The predicted molar refractivity (Wildman–Crippen MR) is 368 cm³/mol. The fraction of sp³-hybridized carbons (Fsp3) is 0.667. The van der Waals surface area contributed by atoms with E-state index >= 15 is 0 Å². The van der Waals surface area contributed by atoms with Gasteiger partial charge in [-0.3, -0.25) is 0 Å². The highest BCUT2D eigenvalue weighted by Gasteiger charge is 2.24. The molecule has 0 spiro atoms. The molecule has 7 heteroatoms. The molecular formula is C72H109ClS6. The second kappa shape index (κ2) is 39.9. The van der Waals surface area contributed by atoms with Crippen molar-refractivity contribution in [2.24, 2.45) is 0 Å². The summed E-state index contributed by atoms with van der Waals surface area (Å²) < 4.78 is 1.02. The van der Waals surface area contributed by atoms with Crippen LogP contribution >= 0.6 is 79.6 Å². The summed E-state index contributed by atoms with van der Waals surface area (Å²) in [6.45, 7) is 14.0. The van der Waals surface area contributed by atoms with Crippen molar-refractivity contribution in [3.8, 4) is 48.8 Å². The molecule has 440 valence electrons. The molecule has 6 rings (SSSR count). The molecule has 0 nitrogen and oxygen atoms in total. The molecule has 6 aromatic heterocycles. The highest BCUT2D eigenvalue weighted by molar-refractivity contribution is 7.31. The van der Waals surface area contributed by atoms with Crippen LogP contribution in [0.4, 0.5) is 0 Å². The third-order valence-electron chi connectivity index (χ3n) is 16.7. The van der Waals surface area contributed by atoms with Crippen molar-refractivity contribution < 1.29 is 0 Å². The van der Waals surface area contributed by atoms with Gasteiger partial charge in [-0.05, 0) is 152 Å². The molecule has 6 aromatic rings. The first-order valence-electron chi connectivity index (χ1n) is 33.3. The highest BCUT2D eigenvalue weighted by Crippen LogP contribution is 2.52. The average Bonchev–Trinajstić information content (AvgIpc) is 4.41. The zero-order valence-electron chi connectivity index (χ0n) is 51.1. The molecule has 0 bridgehead atoms.